The summed E-state index contributed by atoms with van der Waals surface area (Å²) in [4.78, 5) is 26.6. The van der Waals surface area contributed by atoms with E-state index in [0.717, 1.165) is 24.3 Å². The molecular formula is C23H29N3O4. The highest BCUT2D eigenvalue weighted by Gasteiger charge is 2.18. The average Bonchev–Trinajstić information content (AvgIpc) is 2.79. The maximum Gasteiger partial charge on any atom is 0.254 e. The molecule has 30 heavy (non-hydrogen) atoms. The number of nitrogens with zero attached hydrogens (tertiary/aromatic N) is 1. The molecule has 0 spiro atoms. The van der Waals surface area contributed by atoms with Crippen LogP contribution in [0.3, 0.4) is 0 Å². The first-order valence-corrected chi connectivity index (χ1v) is 10.4. The molecule has 2 aromatic carbocycles. The Bertz CT molecular complexity index is 833. The molecular weight excluding hydrogens is 382 g/mol. The summed E-state index contributed by atoms with van der Waals surface area (Å²) in [7, 11) is 0. The second-order valence-electron chi connectivity index (χ2n) is 7.08. The number of benzene rings is 2. The minimum atomic E-state index is -0.175. The SMILES string of the molecule is CCCCOc1ccccc1NCC(=O)Nc1ccc(C(=O)N2CCOCC2)cc1. The number of anilines is 2. The Morgan fingerprint density at radius 1 is 1.07 bits per heavy atom. The second kappa shape index (κ2) is 11.2. The van der Waals surface area contributed by atoms with Crippen LogP contribution in [0.4, 0.5) is 11.4 Å². The number of rotatable bonds is 9. The smallest absolute Gasteiger partial charge is 0.254 e. The van der Waals surface area contributed by atoms with Crippen molar-refractivity contribution in [2.75, 3.05) is 50.1 Å². The number of hydrogen-bond acceptors (Lipinski definition) is 5. The summed E-state index contributed by atoms with van der Waals surface area (Å²) in [6, 6.07) is 14.5. The van der Waals surface area contributed by atoms with E-state index in [1.165, 1.54) is 0 Å². The molecule has 0 bridgehead atoms. The highest BCUT2D eigenvalue weighted by atomic mass is 16.5. The molecule has 160 valence electrons. The Balaban J connectivity index is 1.50. The Morgan fingerprint density at radius 3 is 2.53 bits per heavy atom. The van der Waals surface area contributed by atoms with Crippen molar-refractivity contribution < 1.29 is 19.1 Å². The zero-order valence-electron chi connectivity index (χ0n) is 17.4. The monoisotopic (exact) mass is 411 g/mol. The minimum Gasteiger partial charge on any atom is -0.491 e. The molecule has 1 fully saturated rings. The normalized spacial score (nSPS) is 13.6. The number of ether oxygens (including phenoxy) is 2. The third-order valence-corrected chi connectivity index (χ3v) is 4.80. The van der Waals surface area contributed by atoms with Crippen LogP contribution < -0.4 is 15.4 Å². The van der Waals surface area contributed by atoms with E-state index >= 15 is 0 Å². The van der Waals surface area contributed by atoms with Gasteiger partial charge in [0, 0.05) is 24.3 Å². The number of amides is 2. The molecule has 2 aromatic rings. The van der Waals surface area contributed by atoms with Crippen molar-refractivity contribution in [3.8, 4) is 5.75 Å². The standard InChI is InChI=1S/C23H29N3O4/c1-2-3-14-30-21-7-5-4-6-20(21)24-17-22(27)25-19-10-8-18(9-11-19)23(28)26-12-15-29-16-13-26/h4-11,24H,2-3,12-17H2,1H3,(H,25,27). The van der Waals surface area contributed by atoms with Crippen molar-refractivity contribution in [3.05, 3.63) is 54.1 Å². The Kier molecular flexibility index (Phi) is 8.09. The lowest BCUT2D eigenvalue weighted by atomic mass is 10.1. The van der Waals surface area contributed by atoms with Gasteiger partial charge in [0.05, 0.1) is 32.1 Å². The van der Waals surface area contributed by atoms with Crippen LogP contribution in [0.15, 0.2) is 48.5 Å². The van der Waals surface area contributed by atoms with Gasteiger partial charge in [0.25, 0.3) is 5.91 Å². The van der Waals surface area contributed by atoms with Crippen molar-refractivity contribution in [1.82, 2.24) is 4.90 Å². The average molecular weight is 412 g/mol. The minimum absolute atomic E-state index is 0.0162. The molecule has 3 rings (SSSR count). The van der Waals surface area contributed by atoms with Crippen molar-refractivity contribution >= 4 is 23.2 Å². The van der Waals surface area contributed by atoms with Gasteiger partial charge in [-0.3, -0.25) is 9.59 Å². The molecule has 7 heteroatoms. The van der Waals surface area contributed by atoms with Gasteiger partial charge in [-0.25, -0.2) is 0 Å². The van der Waals surface area contributed by atoms with Gasteiger partial charge in [0.15, 0.2) is 0 Å². The fraction of sp³-hybridized carbons (Fsp3) is 0.391. The number of morpholine rings is 1. The first-order chi connectivity index (χ1) is 14.7. The summed E-state index contributed by atoms with van der Waals surface area (Å²) in [6.07, 6.45) is 2.05. The van der Waals surface area contributed by atoms with Crippen LogP contribution in [0.2, 0.25) is 0 Å². The van der Waals surface area contributed by atoms with E-state index in [0.29, 0.717) is 44.2 Å². The third-order valence-electron chi connectivity index (χ3n) is 4.80. The largest absolute Gasteiger partial charge is 0.491 e. The number of carbonyl (C=O) groups excluding carboxylic acids is 2. The quantitative estimate of drug-likeness (QED) is 0.619. The van der Waals surface area contributed by atoms with Gasteiger partial charge in [0.1, 0.15) is 5.75 Å². The summed E-state index contributed by atoms with van der Waals surface area (Å²) in [5.74, 6) is 0.549. The summed E-state index contributed by atoms with van der Waals surface area (Å²) in [5.41, 5.74) is 2.04. The van der Waals surface area contributed by atoms with Crippen molar-refractivity contribution in [1.29, 1.82) is 0 Å². The zero-order valence-corrected chi connectivity index (χ0v) is 17.4. The van der Waals surface area contributed by atoms with Gasteiger partial charge in [-0.1, -0.05) is 25.5 Å². The fourth-order valence-electron chi connectivity index (χ4n) is 3.09. The maximum atomic E-state index is 12.5. The van der Waals surface area contributed by atoms with Crippen molar-refractivity contribution in [2.24, 2.45) is 0 Å². The molecule has 0 radical (unpaired) electrons. The highest BCUT2D eigenvalue weighted by Crippen LogP contribution is 2.23. The van der Waals surface area contributed by atoms with E-state index in [-0.39, 0.29) is 18.4 Å². The predicted molar refractivity (Wildman–Crippen MR) is 117 cm³/mol. The van der Waals surface area contributed by atoms with Crippen LogP contribution in [-0.4, -0.2) is 56.2 Å². The van der Waals surface area contributed by atoms with Crippen molar-refractivity contribution in [2.45, 2.75) is 19.8 Å². The number of para-hydroxylation sites is 2. The Morgan fingerprint density at radius 2 is 1.80 bits per heavy atom. The van der Waals surface area contributed by atoms with Crippen LogP contribution in [0.1, 0.15) is 30.1 Å². The molecule has 1 heterocycles. The molecule has 0 aromatic heterocycles. The summed E-state index contributed by atoms with van der Waals surface area (Å²) >= 11 is 0. The van der Waals surface area contributed by atoms with E-state index in [9.17, 15) is 9.59 Å². The highest BCUT2D eigenvalue weighted by molar-refractivity contribution is 5.96. The van der Waals surface area contributed by atoms with Crippen LogP contribution >= 0.6 is 0 Å². The molecule has 0 atom stereocenters. The van der Waals surface area contributed by atoms with E-state index in [4.69, 9.17) is 9.47 Å². The van der Waals surface area contributed by atoms with Crippen LogP contribution in [0.25, 0.3) is 0 Å². The fourth-order valence-corrected chi connectivity index (χ4v) is 3.09. The first-order valence-electron chi connectivity index (χ1n) is 10.4. The van der Waals surface area contributed by atoms with Crippen molar-refractivity contribution in [3.63, 3.8) is 0 Å². The molecule has 1 saturated heterocycles. The van der Waals surface area contributed by atoms with Crippen LogP contribution in [0.5, 0.6) is 5.75 Å². The lowest BCUT2D eigenvalue weighted by molar-refractivity contribution is -0.114. The lowest BCUT2D eigenvalue weighted by Gasteiger charge is -2.26. The van der Waals surface area contributed by atoms with E-state index < -0.39 is 0 Å². The summed E-state index contributed by atoms with van der Waals surface area (Å²) in [5, 5.41) is 5.97. The third kappa shape index (κ3) is 6.22. The number of unbranched alkanes of at least 4 members (excludes halogenated alkanes) is 1. The van der Waals surface area contributed by atoms with Crippen LogP contribution in [-0.2, 0) is 9.53 Å². The summed E-state index contributed by atoms with van der Waals surface area (Å²) < 4.78 is 11.1. The van der Waals surface area contributed by atoms with E-state index in [1.54, 1.807) is 29.2 Å². The molecule has 7 nitrogen and oxygen atoms in total. The molecule has 1 aliphatic heterocycles. The van der Waals surface area contributed by atoms with Gasteiger partial charge in [0.2, 0.25) is 5.91 Å². The second-order valence-corrected chi connectivity index (χ2v) is 7.08. The topological polar surface area (TPSA) is 79.9 Å². The first kappa shape index (κ1) is 21.6. The molecule has 2 N–H and O–H groups in total. The summed E-state index contributed by atoms with van der Waals surface area (Å²) in [6.45, 7) is 5.22. The van der Waals surface area contributed by atoms with Crippen LogP contribution in [0, 0.1) is 0 Å². The molecule has 0 unspecified atom stereocenters. The molecule has 0 saturated carbocycles. The number of carbonyl (C=O) groups is 2. The molecule has 2 amide bonds. The Labute approximate surface area is 177 Å². The number of hydrogen-bond donors (Lipinski definition) is 2. The van der Waals surface area contributed by atoms with Gasteiger partial charge >= 0.3 is 0 Å². The number of nitrogens with one attached hydrogen (secondary N) is 2. The zero-order chi connectivity index (χ0) is 21.2. The van der Waals surface area contributed by atoms with Gasteiger partial charge < -0.3 is 25.0 Å². The Hall–Kier alpha value is -3.06. The molecule has 0 aliphatic carbocycles. The van der Waals surface area contributed by atoms with E-state index in [2.05, 4.69) is 17.6 Å². The lowest BCUT2D eigenvalue weighted by Crippen LogP contribution is -2.40. The predicted octanol–water partition coefficient (Wildman–Crippen LogP) is 3.39. The van der Waals surface area contributed by atoms with Gasteiger partial charge in [-0.05, 0) is 42.8 Å². The molecule has 1 aliphatic rings. The van der Waals surface area contributed by atoms with E-state index in [1.807, 2.05) is 24.3 Å². The van der Waals surface area contributed by atoms with Gasteiger partial charge in [-0.2, -0.15) is 0 Å². The van der Waals surface area contributed by atoms with Gasteiger partial charge in [-0.15, -0.1) is 0 Å². The maximum absolute atomic E-state index is 12.5.